The standard InChI is InChI=1S/C15H18.2C12H12O.3C12H12S.C11H10O.2C6H8S/c1-11-9-12-7-5-6-8-13(12)10-14(11)15(2,3)4;1-9-3-6-11(7-4-9)12-8-5-10(2)13-12;1-9-5-3-4-6-11(9)12-8-7-10(2)13-12;1-9-3-6-11(7-4-9)12-8-5-10(2)13-12;1-9-4-3-5-11(8-9)12-7-6-10(2)13-12;1-9-5-3-4-6-11(9)12-8-7-10(2)13-12;1-9-4-2-5-10(8-9)11-6-3-7-12-11;1-5-3-7-4-6(5)2;1-5-3-6(2)7-4-5/h5-10H,1-4H3;5*3-8H,1-2H3;2-8H,1H3;2*3-4H,1-2H3. The van der Waals surface area contributed by atoms with Crippen molar-refractivity contribution in [3.05, 3.63) is 375 Å². The highest BCUT2D eigenvalue weighted by Crippen LogP contribution is 2.33. The zero-order valence-corrected chi connectivity index (χ0v) is 69.5. The summed E-state index contributed by atoms with van der Waals surface area (Å²) in [5.74, 6) is 4.74. The number of benzene rings is 8. The van der Waals surface area contributed by atoms with Gasteiger partial charge in [0.15, 0.2) is 0 Å². The largest absolute Gasteiger partial charge is 0.464 e. The van der Waals surface area contributed by atoms with E-state index in [0.29, 0.717) is 0 Å². The first-order chi connectivity index (χ1) is 50.7. The summed E-state index contributed by atoms with van der Waals surface area (Å²) in [5.41, 5.74) is 22.5. The Morgan fingerprint density at radius 1 is 0.274 bits per heavy atom. The van der Waals surface area contributed by atoms with Gasteiger partial charge >= 0.3 is 0 Å². The van der Waals surface area contributed by atoms with E-state index >= 15 is 0 Å². The molecule has 0 atom stereocenters. The van der Waals surface area contributed by atoms with Crippen molar-refractivity contribution >= 4 is 67.5 Å². The lowest BCUT2D eigenvalue weighted by molar-refractivity contribution is 0.548. The normalized spacial score (nSPS) is 10.4. The third kappa shape index (κ3) is 26.4. The highest BCUT2D eigenvalue weighted by atomic mass is 32.1. The Hall–Kier alpha value is -9.64. The van der Waals surface area contributed by atoms with E-state index in [-0.39, 0.29) is 5.41 Å². The molecule has 106 heavy (non-hydrogen) atoms. The molecule has 544 valence electrons. The molecule has 8 aromatic heterocycles. The second-order valence-corrected chi connectivity index (χ2v) is 33.6. The monoisotopic (exact) mass is 1490 g/mol. The van der Waals surface area contributed by atoms with Crippen molar-refractivity contribution in [1.82, 2.24) is 0 Å². The summed E-state index contributed by atoms with van der Waals surface area (Å²) in [7, 11) is 0. The fourth-order valence-electron chi connectivity index (χ4n) is 11.3. The van der Waals surface area contributed by atoms with E-state index in [1.807, 2.05) is 109 Å². The summed E-state index contributed by atoms with van der Waals surface area (Å²) in [6.07, 6.45) is 1.69. The van der Waals surface area contributed by atoms with Crippen LogP contribution in [-0.2, 0) is 5.41 Å². The Bertz CT molecular complexity index is 5040. The van der Waals surface area contributed by atoms with Crippen LogP contribution in [0.3, 0.4) is 0 Å². The zero-order chi connectivity index (χ0) is 76.3. The van der Waals surface area contributed by atoms with E-state index in [4.69, 9.17) is 13.3 Å². The molecule has 0 fully saturated rings. The highest BCUT2D eigenvalue weighted by molar-refractivity contribution is 7.16. The van der Waals surface area contributed by atoms with E-state index in [2.05, 4.69) is 334 Å². The van der Waals surface area contributed by atoms with E-state index in [1.54, 1.807) is 28.9 Å². The number of rotatable bonds is 6. The second-order valence-electron chi connectivity index (χ2n) is 27.9. The first kappa shape index (κ1) is 82.0. The van der Waals surface area contributed by atoms with Crippen LogP contribution in [-0.4, -0.2) is 0 Å². The maximum Gasteiger partial charge on any atom is 0.134 e. The first-order valence-electron chi connectivity index (χ1n) is 36.0. The van der Waals surface area contributed by atoms with Crippen LogP contribution >= 0.6 is 56.7 Å². The predicted octanol–water partition coefficient (Wildman–Crippen LogP) is 31.7. The number of aryl methyl sites for hydroxylation is 16. The van der Waals surface area contributed by atoms with Crippen LogP contribution in [0.2, 0.25) is 0 Å². The average Bonchev–Trinajstić information content (AvgIpc) is 1.38. The zero-order valence-electron chi connectivity index (χ0n) is 65.4. The molecule has 0 bridgehead atoms. The minimum Gasteiger partial charge on any atom is -0.464 e. The Labute approximate surface area is 653 Å². The van der Waals surface area contributed by atoms with Crippen LogP contribution in [0.1, 0.15) is 113 Å². The van der Waals surface area contributed by atoms with Gasteiger partial charge in [0.05, 0.1) is 6.26 Å². The third-order valence-corrected chi connectivity index (χ3v) is 22.3. The van der Waals surface area contributed by atoms with Crippen molar-refractivity contribution < 1.29 is 13.3 Å². The fourth-order valence-corrected chi connectivity index (χ4v) is 15.5. The summed E-state index contributed by atoms with van der Waals surface area (Å²) in [6, 6.07) is 90.9. The Kier molecular flexibility index (Phi) is 31.5. The van der Waals surface area contributed by atoms with Gasteiger partial charge in [-0.3, -0.25) is 0 Å². The lowest BCUT2D eigenvalue weighted by Gasteiger charge is -2.22. The molecular formula is C98H104O3S5. The van der Waals surface area contributed by atoms with Gasteiger partial charge in [0.25, 0.3) is 0 Å². The minimum absolute atomic E-state index is 0.230. The van der Waals surface area contributed by atoms with E-state index < -0.39 is 0 Å². The van der Waals surface area contributed by atoms with Crippen LogP contribution in [0.5, 0.6) is 0 Å². The topological polar surface area (TPSA) is 39.4 Å². The number of fused-ring (bicyclic) bond motifs is 1. The van der Waals surface area contributed by atoms with Crippen molar-refractivity contribution in [2.75, 3.05) is 0 Å². The van der Waals surface area contributed by atoms with E-state index in [1.165, 1.54) is 128 Å². The van der Waals surface area contributed by atoms with Gasteiger partial charge in [0, 0.05) is 50.8 Å². The molecule has 0 aliphatic heterocycles. The smallest absolute Gasteiger partial charge is 0.134 e. The summed E-state index contributed by atoms with van der Waals surface area (Å²) < 4.78 is 16.3. The maximum absolute atomic E-state index is 5.55. The molecule has 0 saturated heterocycles. The second kappa shape index (κ2) is 40.7. The summed E-state index contributed by atoms with van der Waals surface area (Å²) in [4.78, 5) is 9.61. The van der Waals surface area contributed by atoms with Gasteiger partial charge in [0.1, 0.15) is 28.8 Å². The van der Waals surface area contributed by atoms with Crippen LogP contribution in [0.15, 0.2) is 297 Å². The molecule has 0 radical (unpaired) electrons. The van der Waals surface area contributed by atoms with Crippen LogP contribution in [0.25, 0.3) is 76.1 Å². The van der Waals surface area contributed by atoms with Gasteiger partial charge in [0.2, 0.25) is 0 Å². The number of thiophene rings is 5. The van der Waals surface area contributed by atoms with E-state index in [9.17, 15) is 0 Å². The molecule has 0 amide bonds. The molecule has 0 saturated carbocycles. The Morgan fingerprint density at radius 3 is 1.17 bits per heavy atom. The highest BCUT2D eigenvalue weighted by Gasteiger charge is 2.17. The molecule has 0 aliphatic carbocycles. The Balaban J connectivity index is 0.000000152. The lowest BCUT2D eigenvalue weighted by atomic mass is 9.83. The minimum atomic E-state index is 0.230. The average molecular weight is 1490 g/mol. The van der Waals surface area contributed by atoms with Gasteiger partial charge in [-0.05, 0) is 284 Å². The summed E-state index contributed by atoms with van der Waals surface area (Å²) in [5, 5.41) is 9.16. The van der Waals surface area contributed by atoms with Gasteiger partial charge in [-0.25, -0.2) is 0 Å². The van der Waals surface area contributed by atoms with Gasteiger partial charge in [-0.1, -0.05) is 219 Å². The number of hydrogen-bond acceptors (Lipinski definition) is 8. The van der Waals surface area contributed by atoms with Crippen molar-refractivity contribution in [2.24, 2.45) is 0 Å². The molecule has 8 heterocycles. The van der Waals surface area contributed by atoms with Gasteiger partial charge in [-0.15, -0.1) is 45.3 Å². The van der Waals surface area contributed by atoms with Crippen LogP contribution in [0.4, 0.5) is 0 Å². The van der Waals surface area contributed by atoms with Crippen LogP contribution < -0.4 is 0 Å². The molecule has 0 spiro atoms. The van der Waals surface area contributed by atoms with Crippen molar-refractivity contribution in [2.45, 2.75) is 137 Å². The maximum atomic E-state index is 5.55. The fraction of sp³-hybridized carbons (Fsp3) is 0.204. The molecule has 0 unspecified atom stereocenters. The van der Waals surface area contributed by atoms with Crippen LogP contribution in [0, 0.1) is 111 Å². The quantitative estimate of drug-likeness (QED) is 0.167. The summed E-state index contributed by atoms with van der Waals surface area (Å²) in [6.45, 7) is 40.5. The van der Waals surface area contributed by atoms with Crippen molar-refractivity contribution in [3.8, 4) is 65.3 Å². The van der Waals surface area contributed by atoms with Crippen molar-refractivity contribution in [3.63, 3.8) is 0 Å². The molecular weight excluding hydrogens is 1390 g/mol. The SMILES string of the molecule is Cc1cc2ccccc2cc1C(C)(C)C.Cc1ccc(-c2ccc(C)o2)cc1.Cc1ccc(-c2ccc(C)s2)cc1.Cc1ccc(-c2ccccc2C)o1.Cc1ccc(-c2ccccc2C)s1.Cc1cccc(-c2ccc(C)s2)c1.Cc1cccc(-c2ccco2)c1.Cc1csc(C)c1.Cc1cscc1C. The molecule has 16 rings (SSSR count). The van der Waals surface area contributed by atoms with E-state index in [0.717, 1.165) is 39.9 Å². The molecule has 16 aromatic rings. The number of furan rings is 3. The van der Waals surface area contributed by atoms with Gasteiger partial charge in [-0.2, -0.15) is 11.3 Å². The Morgan fingerprint density at radius 2 is 0.745 bits per heavy atom. The lowest BCUT2D eigenvalue weighted by Crippen LogP contribution is -2.12. The first-order valence-corrected chi connectivity index (χ1v) is 40.3. The molecule has 8 heteroatoms. The van der Waals surface area contributed by atoms with Gasteiger partial charge < -0.3 is 13.3 Å². The molecule has 0 aliphatic rings. The predicted molar refractivity (Wildman–Crippen MR) is 469 cm³/mol. The molecule has 8 aromatic carbocycles. The molecule has 3 nitrogen and oxygen atoms in total. The summed E-state index contributed by atoms with van der Waals surface area (Å²) >= 11 is 9.12. The number of hydrogen-bond donors (Lipinski definition) is 0. The van der Waals surface area contributed by atoms with Crippen molar-refractivity contribution in [1.29, 1.82) is 0 Å². The third-order valence-electron chi connectivity index (χ3n) is 17.2. The molecule has 0 N–H and O–H groups in total.